The van der Waals surface area contributed by atoms with Crippen molar-refractivity contribution in [1.82, 2.24) is 39.3 Å². The van der Waals surface area contributed by atoms with Crippen LogP contribution in [0.15, 0.2) is 60.0 Å². The lowest BCUT2D eigenvalue weighted by atomic mass is 9.59. The Kier molecular flexibility index (Phi) is 7.89. The summed E-state index contributed by atoms with van der Waals surface area (Å²) in [4.78, 5) is 35.9. The molecule has 5 aromatic rings. The van der Waals surface area contributed by atoms with Gasteiger partial charge >= 0.3 is 0 Å². The second-order valence-electron chi connectivity index (χ2n) is 10.5. The van der Waals surface area contributed by atoms with Crippen molar-refractivity contribution in [3.05, 3.63) is 87.3 Å². The highest BCUT2D eigenvalue weighted by molar-refractivity contribution is 6.31. The summed E-state index contributed by atoms with van der Waals surface area (Å²) in [7, 11) is 14.8. The molecule has 2 bridgehead atoms. The quantitative estimate of drug-likeness (QED) is 0.297. The third kappa shape index (κ3) is 5.32. The van der Waals surface area contributed by atoms with E-state index in [9.17, 15) is 9.59 Å². The molecule has 0 saturated heterocycles. The van der Waals surface area contributed by atoms with Crippen molar-refractivity contribution in [1.29, 1.82) is 0 Å². The Morgan fingerprint density at radius 1 is 1.11 bits per heavy atom. The summed E-state index contributed by atoms with van der Waals surface area (Å²) in [5.41, 5.74) is 1.99. The number of fused-ring (bicyclic) bond motifs is 4. The number of aryl methyl sites for hydroxylation is 1. The fourth-order valence-electron chi connectivity index (χ4n) is 5.35. The minimum absolute atomic E-state index is 0.00792. The molecule has 1 N–H and O–H groups in total. The van der Waals surface area contributed by atoms with Gasteiger partial charge in [-0.2, -0.15) is 5.10 Å². The molecule has 16 heteroatoms. The van der Waals surface area contributed by atoms with Gasteiger partial charge in [0.05, 0.1) is 79.5 Å². The van der Waals surface area contributed by atoms with Crippen LogP contribution in [0.3, 0.4) is 0 Å². The lowest BCUT2D eigenvalue weighted by Gasteiger charge is -2.31. The monoisotopic (exact) mass is 627 g/mol. The molecule has 2 unspecified atom stereocenters. The first-order chi connectivity index (χ1) is 21.0. The molecule has 0 saturated carbocycles. The molecule has 218 valence electrons. The molecule has 0 aliphatic carbocycles. The van der Waals surface area contributed by atoms with Gasteiger partial charge in [0.25, 0.3) is 5.56 Å². The van der Waals surface area contributed by atoms with E-state index in [0.717, 1.165) is 0 Å². The van der Waals surface area contributed by atoms with Crippen molar-refractivity contribution < 1.29 is 9.18 Å². The van der Waals surface area contributed by atoms with Crippen LogP contribution in [-0.2, 0) is 11.8 Å². The molecular weight excluding hydrogens is 606 g/mol. The largest absolute Gasteiger partial charge is 0.323 e. The third-order valence-corrected chi connectivity index (χ3v) is 8.25. The molecule has 11 nitrogen and oxygen atoms in total. The average Bonchev–Trinajstić information content (AvgIpc) is 3.60. The Bertz CT molecular complexity index is 1960. The van der Waals surface area contributed by atoms with Crippen molar-refractivity contribution in [2.45, 2.75) is 31.0 Å². The van der Waals surface area contributed by atoms with E-state index in [1.165, 1.54) is 40.0 Å². The first kappa shape index (κ1) is 29.8. The van der Waals surface area contributed by atoms with Gasteiger partial charge in [0.2, 0.25) is 5.91 Å². The molecule has 0 spiro atoms. The second-order valence-corrected chi connectivity index (χ2v) is 11.3. The predicted molar refractivity (Wildman–Crippen MR) is 165 cm³/mol. The third-order valence-electron chi connectivity index (χ3n) is 7.79. The van der Waals surface area contributed by atoms with Crippen LogP contribution >= 0.6 is 23.2 Å². The van der Waals surface area contributed by atoms with E-state index in [1.807, 2.05) is 0 Å². The molecule has 4 radical (unpaired) electrons. The summed E-state index contributed by atoms with van der Waals surface area (Å²) in [6, 6.07) is 6.90. The van der Waals surface area contributed by atoms with Crippen LogP contribution in [0.1, 0.15) is 25.1 Å². The van der Waals surface area contributed by atoms with Crippen molar-refractivity contribution in [2.24, 2.45) is 13.0 Å². The van der Waals surface area contributed by atoms with Gasteiger partial charge in [-0.25, -0.2) is 14.1 Å². The van der Waals surface area contributed by atoms with Gasteiger partial charge in [-0.1, -0.05) is 47.0 Å². The van der Waals surface area contributed by atoms with Gasteiger partial charge in [-0.3, -0.25) is 23.8 Å². The number of benzene rings is 1. The first-order valence-corrected chi connectivity index (χ1v) is 14.2. The molecule has 0 fully saturated rings. The maximum Gasteiger partial charge on any atom is 0.254 e. The van der Waals surface area contributed by atoms with Gasteiger partial charge < -0.3 is 5.32 Å². The van der Waals surface area contributed by atoms with Gasteiger partial charge in [0.1, 0.15) is 0 Å². The van der Waals surface area contributed by atoms with Gasteiger partial charge in [-0.05, 0) is 30.7 Å². The average molecular weight is 628 g/mol. The fraction of sp³-hybridized carbons (Fsp3) is 0.250. The zero-order valence-electron chi connectivity index (χ0n) is 23.4. The highest BCUT2D eigenvalue weighted by atomic mass is 35.5. The summed E-state index contributed by atoms with van der Waals surface area (Å²) in [6.45, 7) is 1.69. The maximum absolute atomic E-state index is 15.5. The van der Waals surface area contributed by atoms with Crippen LogP contribution < -0.4 is 10.9 Å². The number of hydrogen-bond donors (Lipinski definition) is 1. The zero-order valence-corrected chi connectivity index (χ0v) is 24.9. The summed E-state index contributed by atoms with van der Waals surface area (Å²) < 4.78 is 19.7. The van der Waals surface area contributed by atoms with Crippen LogP contribution in [0.2, 0.25) is 21.8 Å². The van der Waals surface area contributed by atoms with Crippen molar-refractivity contribution in [3.8, 4) is 28.2 Å². The Balaban J connectivity index is 1.49. The van der Waals surface area contributed by atoms with E-state index in [0.29, 0.717) is 22.6 Å². The van der Waals surface area contributed by atoms with Gasteiger partial charge in [-0.15, -0.1) is 5.10 Å². The number of carbonyl (C=O) groups is 1. The summed E-state index contributed by atoms with van der Waals surface area (Å²) >= 11 is 12.0. The molecule has 6 rings (SSSR count). The smallest absolute Gasteiger partial charge is 0.254 e. The van der Waals surface area contributed by atoms with E-state index in [1.54, 1.807) is 43.2 Å². The highest BCUT2D eigenvalue weighted by Crippen LogP contribution is 2.39. The van der Waals surface area contributed by atoms with E-state index in [4.69, 9.17) is 38.9 Å². The van der Waals surface area contributed by atoms with Crippen LogP contribution in [0, 0.1) is 11.7 Å². The molecule has 1 aromatic carbocycles. The summed E-state index contributed by atoms with van der Waals surface area (Å²) in [6.07, 6.45) is 5.98. The van der Waals surface area contributed by atoms with Crippen LogP contribution in [-0.4, -0.2) is 60.9 Å². The van der Waals surface area contributed by atoms with Crippen molar-refractivity contribution in [2.75, 3.05) is 5.32 Å². The fourth-order valence-corrected chi connectivity index (χ4v) is 5.63. The second kappa shape index (κ2) is 11.7. The van der Waals surface area contributed by atoms with E-state index >= 15 is 4.39 Å². The lowest BCUT2D eigenvalue weighted by molar-refractivity contribution is -0.119. The Hall–Kier alpha value is -4.29. The SMILES string of the molecule is [B]C1C[C@H](n2cnc(-c3c(-n4cc(Cl)nn4)ccc(Cl)c3F)cc2=O)c2cc(ccn2)-c2c(cnn2C)NC(=O)[C@H](C)C1[B]. The summed E-state index contributed by atoms with van der Waals surface area (Å²) in [5, 5.41) is 14.8. The number of halogens is 3. The number of nitrogens with zero attached hydrogens (tertiary/aromatic N) is 8. The Morgan fingerprint density at radius 2 is 1.91 bits per heavy atom. The van der Waals surface area contributed by atoms with Gasteiger partial charge in [0, 0.05) is 30.8 Å². The Morgan fingerprint density at radius 3 is 2.64 bits per heavy atom. The number of aromatic nitrogens is 8. The molecule has 4 atom stereocenters. The van der Waals surface area contributed by atoms with E-state index in [-0.39, 0.29) is 39.4 Å². The minimum Gasteiger partial charge on any atom is -0.323 e. The summed E-state index contributed by atoms with van der Waals surface area (Å²) in [5.74, 6) is -3.27. The molecule has 1 aliphatic heterocycles. The number of amides is 1. The van der Waals surface area contributed by atoms with Crippen molar-refractivity contribution in [3.63, 3.8) is 0 Å². The van der Waals surface area contributed by atoms with E-state index in [2.05, 4.69) is 30.7 Å². The number of hydrogen-bond acceptors (Lipinski definition) is 7. The van der Waals surface area contributed by atoms with Crippen LogP contribution in [0.4, 0.5) is 10.1 Å². The van der Waals surface area contributed by atoms with Crippen LogP contribution in [0.25, 0.3) is 28.2 Å². The molecule has 1 amide bonds. The molecule has 1 aliphatic rings. The molecule has 4 aromatic heterocycles. The first-order valence-electron chi connectivity index (χ1n) is 13.5. The maximum atomic E-state index is 15.5. The molecular formula is C28H22B2Cl2FN9O2. The van der Waals surface area contributed by atoms with Crippen LogP contribution in [0.5, 0.6) is 0 Å². The number of anilines is 1. The van der Waals surface area contributed by atoms with Crippen molar-refractivity contribution >= 4 is 50.5 Å². The number of rotatable bonds is 3. The number of carbonyl (C=O) groups excluding carboxylic acids is 1. The predicted octanol–water partition coefficient (Wildman–Crippen LogP) is 4.21. The highest BCUT2D eigenvalue weighted by Gasteiger charge is 2.31. The van der Waals surface area contributed by atoms with E-state index < -0.39 is 35.0 Å². The van der Waals surface area contributed by atoms with Gasteiger partial charge in [0.15, 0.2) is 11.0 Å². The standard InChI is InChI=1S/C28H22B2Cl2FN9O2/c1-13-25(30)15(29)8-21(17-7-14(5-6-34-17)27-19(37-28(13)44)10-36-40(27)2)41-12-35-18(9-23(41)43)24-20(4-3-16(31)26(24)33)42-11-22(32)38-39-42/h3-7,9-13,15,21,25H,8H2,1-2H3,(H,37,44)/t13-,15?,21+,25?/m1/s1. The molecule has 44 heavy (non-hydrogen) atoms. The number of pyridine rings is 1. The zero-order chi connectivity index (χ0) is 31.3. The Labute approximate surface area is 263 Å². The normalized spacial score (nSPS) is 20.3. The minimum atomic E-state index is -0.798. The topological polar surface area (TPSA) is 125 Å². The lowest BCUT2D eigenvalue weighted by Crippen LogP contribution is -2.31. The number of nitrogens with one attached hydrogen (secondary N) is 1. The molecule has 5 heterocycles.